The summed E-state index contributed by atoms with van der Waals surface area (Å²) in [6.45, 7) is 6.33. The van der Waals surface area contributed by atoms with Crippen molar-refractivity contribution in [3.05, 3.63) is 77.6 Å². The van der Waals surface area contributed by atoms with Gasteiger partial charge in [-0.05, 0) is 66.9 Å². The second-order valence-electron chi connectivity index (χ2n) is 7.53. The number of carbonyl (C=O) groups excluding carboxylic acids is 1. The lowest BCUT2D eigenvalue weighted by Gasteiger charge is -2.04. The molecule has 162 valence electrons. The van der Waals surface area contributed by atoms with Crippen LogP contribution in [0.1, 0.15) is 42.6 Å². The molecule has 0 unspecified atom stereocenters. The van der Waals surface area contributed by atoms with Gasteiger partial charge in [0.2, 0.25) is 0 Å². The highest BCUT2D eigenvalue weighted by Crippen LogP contribution is 2.33. The highest BCUT2D eigenvalue weighted by atomic mass is 32.1. The fraction of sp³-hybridized carbons (Fsp3) is 0.200. The van der Waals surface area contributed by atoms with Crippen molar-refractivity contribution < 1.29 is 13.9 Å². The molecule has 0 radical (unpaired) electrons. The molecule has 0 bridgehead atoms. The Hall–Kier alpha value is -3.45. The van der Waals surface area contributed by atoms with E-state index in [9.17, 15) is 9.18 Å². The minimum Gasteiger partial charge on any atom is -0.462 e. The molecular formula is C25H22FN3O2S. The number of esters is 1. The summed E-state index contributed by atoms with van der Waals surface area (Å²) >= 11 is 1.39. The van der Waals surface area contributed by atoms with E-state index < -0.39 is 5.82 Å². The molecule has 4 rings (SSSR count). The maximum atomic E-state index is 14.7. The van der Waals surface area contributed by atoms with E-state index in [2.05, 4.69) is 29.1 Å². The molecule has 7 heteroatoms. The number of thiazole rings is 1. The number of hydrogen-bond acceptors (Lipinski definition) is 6. The lowest BCUT2D eigenvalue weighted by atomic mass is 10.0. The monoisotopic (exact) mass is 447 g/mol. The Balaban J connectivity index is 1.56. The molecule has 0 aliphatic rings. The topological polar surface area (TPSA) is 63.9 Å². The highest BCUT2D eigenvalue weighted by Gasteiger charge is 2.13. The lowest BCUT2D eigenvalue weighted by molar-refractivity contribution is 0.0526. The number of benzene rings is 3. The molecule has 0 aliphatic carbocycles. The van der Waals surface area contributed by atoms with Crippen LogP contribution in [-0.2, 0) is 4.74 Å². The van der Waals surface area contributed by atoms with Crippen LogP contribution in [0.15, 0.2) is 70.9 Å². The van der Waals surface area contributed by atoms with Gasteiger partial charge in [-0.3, -0.25) is 0 Å². The van der Waals surface area contributed by atoms with Crippen molar-refractivity contribution in [2.75, 3.05) is 6.61 Å². The molecule has 0 aliphatic heterocycles. The third-order valence-electron chi connectivity index (χ3n) is 4.93. The zero-order chi connectivity index (χ0) is 22.7. The van der Waals surface area contributed by atoms with Gasteiger partial charge in [-0.15, -0.1) is 16.5 Å². The fourth-order valence-corrected chi connectivity index (χ4v) is 4.15. The van der Waals surface area contributed by atoms with Crippen molar-refractivity contribution >= 4 is 38.9 Å². The number of azo groups is 1. The second kappa shape index (κ2) is 9.36. The molecule has 0 amide bonds. The number of rotatable bonds is 6. The van der Waals surface area contributed by atoms with Crippen LogP contribution in [0.2, 0.25) is 0 Å². The summed E-state index contributed by atoms with van der Waals surface area (Å²) in [6.07, 6.45) is 0. The van der Waals surface area contributed by atoms with Gasteiger partial charge in [0.15, 0.2) is 5.82 Å². The summed E-state index contributed by atoms with van der Waals surface area (Å²) in [5, 5.41) is 8.86. The van der Waals surface area contributed by atoms with Crippen LogP contribution in [0.3, 0.4) is 0 Å². The summed E-state index contributed by atoms with van der Waals surface area (Å²) in [4.78, 5) is 16.5. The van der Waals surface area contributed by atoms with Gasteiger partial charge in [0.25, 0.3) is 0 Å². The van der Waals surface area contributed by atoms with E-state index in [1.165, 1.54) is 23.0 Å². The van der Waals surface area contributed by atoms with E-state index in [-0.39, 0.29) is 11.7 Å². The molecule has 0 N–H and O–H groups in total. The van der Waals surface area contributed by atoms with E-state index in [4.69, 9.17) is 4.74 Å². The van der Waals surface area contributed by atoms with Crippen LogP contribution in [0.5, 0.6) is 0 Å². The fourth-order valence-electron chi connectivity index (χ4n) is 3.15. The first-order chi connectivity index (χ1) is 15.4. The maximum absolute atomic E-state index is 14.7. The largest absolute Gasteiger partial charge is 0.462 e. The first-order valence-corrected chi connectivity index (χ1v) is 11.2. The third-order valence-corrected chi connectivity index (χ3v) is 5.99. The van der Waals surface area contributed by atoms with Crippen LogP contribution in [0, 0.1) is 5.82 Å². The highest BCUT2D eigenvalue weighted by molar-refractivity contribution is 7.21. The van der Waals surface area contributed by atoms with Gasteiger partial charge in [-0.2, -0.15) is 5.11 Å². The average Bonchev–Trinajstić information content (AvgIpc) is 3.22. The molecule has 0 atom stereocenters. The van der Waals surface area contributed by atoms with E-state index in [0.717, 1.165) is 10.2 Å². The Morgan fingerprint density at radius 3 is 2.53 bits per heavy atom. The standard InChI is InChI=1S/C25H22FN3O2S/c1-4-31-25(30)18-8-12-22-23(14-18)32-24(27-22)17-7-11-21(20(26)13-17)29-28-19-9-5-16(6-10-19)15(2)3/h5-15H,4H2,1-3H3. The van der Waals surface area contributed by atoms with Crippen molar-refractivity contribution in [3.63, 3.8) is 0 Å². The summed E-state index contributed by atoms with van der Waals surface area (Å²) in [5.74, 6) is -0.411. The summed E-state index contributed by atoms with van der Waals surface area (Å²) in [7, 11) is 0. The molecule has 5 nitrogen and oxygen atoms in total. The molecule has 0 fully saturated rings. The number of halogens is 1. The minimum atomic E-state index is -0.475. The summed E-state index contributed by atoms with van der Waals surface area (Å²) in [6, 6.07) is 17.7. The Morgan fingerprint density at radius 1 is 1.06 bits per heavy atom. The van der Waals surface area contributed by atoms with Gasteiger partial charge in [0.05, 0.1) is 28.1 Å². The van der Waals surface area contributed by atoms with Gasteiger partial charge in [0, 0.05) is 5.56 Å². The van der Waals surface area contributed by atoms with Crippen molar-refractivity contribution in [2.45, 2.75) is 26.7 Å². The molecule has 3 aromatic carbocycles. The summed E-state index contributed by atoms with van der Waals surface area (Å²) < 4.78 is 20.6. The van der Waals surface area contributed by atoms with Gasteiger partial charge < -0.3 is 4.74 Å². The lowest BCUT2D eigenvalue weighted by Crippen LogP contribution is -2.03. The average molecular weight is 448 g/mol. The maximum Gasteiger partial charge on any atom is 0.338 e. The molecule has 0 saturated heterocycles. The number of carbonyl (C=O) groups is 1. The van der Waals surface area contributed by atoms with Gasteiger partial charge >= 0.3 is 5.97 Å². The zero-order valence-electron chi connectivity index (χ0n) is 18.0. The number of fused-ring (bicyclic) bond motifs is 1. The molecule has 0 spiro atoms. The number of hydrogen-bond donors (Lipinski definition) is 0. The summed E-state index contributed by atoms with van der Waals surface area (Å²) in [5.41, 5.74) is 3.89. The van der Waals surface area contributed by atoms with E-state index in [0.29, 0.717) is 34.3 Å². The Bertz CT molecular complexity index is 1300. The van der Waals surface area contributed by atoms with Crippen molar-refractivity contribution in [3.8, 4) is 10.6 Å². The molecule has 32 heavy (non-hydrogen) atoms. The molecule has 1 heterocycles. The van der Waals surface area contributed by atoms with Gasteiger partial charge in [-0.1, -0.05) is 26.0 Å². The Labute approximate surface area is 189 Å². The normalized spacial score (nSPS) is 11.5. The van der Waals surface area contributed by atoms with Crippen LogP contribution in [0.4, 0.5) is 15.8 Å². The molecular weight excluding hydrogens is 425 g/mol. The van der Waals surface area contributed by atoms with Crippen molar-refractivity contribution in [1.29, 1.82) is 0 Å². The predicted molar refractivity (Wildman–Crippen MR) is 126 cm³/mol. The van der Waals surface area contributed by atoms with Gasteiger partial charge in [-0.25, -0.2) is 14.2 Å². The van der Waals surface area contributed by atoms with Crippen molar-refractivity contribution in [1.82, 2.24) is 4.98 Å². The first-order valence-electron chi connectivity index (χ1n) is 10.3. The smallest absolute Gasteiger partial charge is 0.338 e. The number of ether oxygens (including phenoxy) is 1. The Kier molecular flexibility index (Phi) is 6.37. The zero-order valence-corrected chi connectivity index (χ0v) is 18.8. The van der Waals surface area contributed by atoms with Crippen LogP contribution in [-0.4, -0.2) is 17.6 Å². The number of nitrogens with zero attached hydrogens (tertiary/aromatic N) is 3. The van der Waals surface area contributed by atoms with E-state index >= 15 is 0 Å². The minimum absolute atomic E-state index is 0.160. The Morgan fingerprint density at radius 2 is 1.84 bits per heavy atom. The molecule has 0 saturated carbocycles. The van der Waals surface area contributed by atoms with Crippen LogP contribution in [0.25, 0.3) is 20.8 Å². The second-order valence-corrected chi connectivity index (χ2v) is 8.57. The van der Waals surface area contributed by atoms with E-state index in [1.807, 2.05) is 24.3 Å². The first kappa shape index (κ1) is 21.8. The SMILES string of the molecule is CCOC(=O)c1ccc2nc(-c3ccc(N=Nc4ccc(C(C)C)cc4)c(F)c3)sc2c1. The predicted octanol–water partition coefficient (Wildman–Crippen LogP) is 7.82. The number of aromatic nitrogens is 1. The molecule has 4 aromatic rings. The quantitative estimate of drug-likeness (QED) is 0.224. The van der Waals surface area contributed by atoms with Crippen LogP contribution >= 0.6 is 11.3 Å². The van der Waals surface area contributed by atoms with Crippen molar-refractivity contribution in [2.24, 2.45) is 10.2 Å². The van der Waals surface area contributed by atoms with Gasteiger partial charge in [0.1, 0.15) is 10.7 Å². The van der Waals surface area contributed by atoms with Crippen LogP contribution < -0.4 is 0 Å². The molecule has 1 aromatic heterocycles. The third kappa shape index (κ3) is 4.73. The van der Waals surface area contributed by atoms with E-state index in [1.54, 1.807) is 37.3 Å².